The maximum atomic E-state index is 11.6. The SMILES string of the molecule is Nc1ccc(C(=O)Nc2ccccc2O)o1. The van der Waals surface area contributed by atoms with E-state index in [1.54, 1.807) is 18.2 Å². The Morgan fingerprint density at radius 1 is 1.25 bits per heavy atom. The Morgan fingerprint density at radius 2 is 2.00 bits per heavy atom. The predicted molar refractivity (Wildman–Crippen MR) is 59.2 cm³/mol. The molecular formula is C11H10N2O3. The number of hydrogen-bond donors (Lipinski definition) is 3. The van der Waals surface area contributed by atoms with E-state index in [0.717, 1.165) is 0 Å². The number of phenols is 1. The van der Waals surface area contributed by atoms with E-state index in [2.05, 4.69) is 5.32 Å². The molecule has 16 heavy (non-hydrogen) atoms. The van der Waals surface area contributed by atoms with E-state index in [9.17, 15) is 9.90 Å². The number of anilines is 2. The summed E-state index contributed by atoms with van der Waals surface area (Å²) in [5.74, 6) is -0.197. The molecule has 2 rings (SSSR count). The standard InChI is InChI=1S/C11H10N2O3/c12-10-6-5-9(16-10)11(15)13-7-3-1-2-4-8(7)14/h1-6,14H,12H2,(H,13,15). The molecule has 0 radical (unpaired) electrons. The van der Waals surface area contributed by atoms with Crippen molar-refractivity contribution >= 4 is 17.5 Å². The Balaban J connectivity index is 2.17. The third kappa shape index (κ3) is 1.98. The van der Waals surface area contributed by atoms with Gasteiger partial charge in [0.15, 0.2) is 11.6 Å². The van der Waals surface area contributed by atoms with Crippen LogP contribution in [0.2, 0.25) is 0 Å². The molecule has 0 fully saturated rings. The Hall–Kier alpha value is -2.43. The Kier molecular flexibility index (Phi) is 2.51. The molecule has 1 heterocycles. The lowest BCUT2D eigenvalue weighted by Crippen LogP contribution is -2.10. The molecule has 1 aromatic carbocycles. The van der Waals surface area contributed by atoms with Gasteiger partial charge in [-0.1, -0.05) is 12.1 Å². The van der Waals surface area contributed by atoms with Gasteiger partial charge in [0.1, 0.15) is 5.75 Å². The fraction of sp³-hybridized carbons (Fsp3) is 0. The monoisotopic (exact) mass is 218 g/mol. The van der Waals surface area contributed by atoms with Gasteiger partial charge in [-0.2, -0.15) is 0 Å². The smallest absolute Gasteiger partial charge is 0.291 e. The minimum absolute atomic E-state index is 0.00428. The van der Waals surface area contributed by atoms with Crippen molar-refractivity contribution in [1.29, 1.82) is 0 Å². The first kappa shape index (κ1) is 10.1. The van der Waals surface area contributed by atoms with Gasteiger partial charge >= 0.3 is 0 Å². The molecule has 5 nitrogen and oxygen atoms in total. The van der Waals surface area contributed by atoms with Gasteiger partial charge in [-0.15, -0.1) is 0 Å². The van der Waals surface area contributed by atoms with Crippen molar-refractivity contribution < 1.29 is 14.3 Å². The number of benzene rings is 1. The lowest BCUT2D eigenvalue weighted by Gasteiger charge is -2.04. The number of phenolic OH excluding ortho intramolecular Hbond substituents is 1. The summed E-state index contributed by atoms with van der Waals surface area (Å²) in [6.07, 6.45) is 0. The number of nitrogens with one attached hydrogen (secondary N) is 1. The molecule has 1 amide bonds. The third-order valence-electron chi connectivity index (χ3n) is 2.00. The molecule has 2 aromatic rings. The third-order valence-corrected chi connectivity index (χ3v) is 2.00. The molecule has 0 saturated heterocycles. The lowest BCUT2D eigenvalue weighted by atomic mass is 10.3. The molecule has 0 aliphatic carbocycles. The average molecular weight is 218 g/mol. The first-order valence-corrected chi connectivity index (χ1v) is 4.61. The first-order chi connectivity index (χ1) is 7.66. The minimum Gasteiger partial charge on any atom is -0.506 e. The van der Waals surface area contributed by atoms with E-state index in [4.69, 9.17) is 10.2 Å². The second kappa shape index (κ2) is 3.98. The highest BCUT2D eigenvalue weighted by Gasteiger charge is 2.11. The van der Waals surface area contributed by atoms with Crippen molar-refractivity contribution in [3.8, 4) is 5.75 Å². The maximum absolute atomic E-state index is 11.6. The van der Waals surface area contributed by atoms with Crippen LogP contribution in [0.25, 0.3) is 0 Å². The van der Waals surface area contributed by atoms with E-state index in [-0.39, 0.29) is 17.4 Å². The maximum Gasteiger partial charge on any atom is 0.291 e. The van der Waals surface area contributed by atoms with Gasteiger partial charge in [-0.3, -0.25) is 4.79 Å². The number of para-hydroxylation sites is 2. The fourth-order valence-corrected chi connectivity index (χ4v) is 1.24. The number of furan rings is 1. The fourth-order valence-electron chi connectivity index (χ4n) is 1.24. The normalized spacial score (nSPS) is 10.0. The van der Waals surface area contributed by atoms with Crippen LogP contribution in [0.1, 0.15) is 10.6 Å². The second-order valence-corrected chi connectivity index (χ2v) is 3.17. The molecule has 0 atom stereocenters. The molecule has 0 bridgehead atoms. The Labute approximate surface area is 91.5 Å². The van der Waals surface area contributed by atoms with E-state index in [1.807, 2.05) is 0 Å². The highest BCUT2D eigenvalue weighted by Crippen LogP contribution is 2.22. The van der Waals surface area contributed by atoms with Crippen molar-refractivity contribution in [3.63, 3.8) is 0 Å². The largest absolute Gasteiger partial charge is 0.506 e. The number of amides is 1. The summed E-state index contributed by atoms with van der Waals surface area (Å²) in [5, 5.41) is 11.9. The van der Waals surface area contributed by atoms with Crippen LogP contribution in [0.5, 0.6) is 5.75 Å². The molecule has 0 spiro atoms. The van der Waals surface area contributed by atoms with Gasteiger partial charge in [0.2, 0.25) is 0 Å². The van der Waals surface area contributed by atoms with Gasteiger partial charge in [0.25, 0.3) is 5.91 Å². The van der Waals surface area contributed by atoms with Crippen LogP contribution in [0.3, 0.4) is 0 Å². The summed E-state index contributed by atoms with van der Waals surface area (Å²) in [7, 11) is 0. The summed E-state index contributed by atoms with van der Waals surface area (Å²) < 4.78 is 4.94. The van der Waals surface area contributed by atoms with Gasteiger partial charge in [-0.05, 0) is 18.2 Å². The zero-order valence-electron chi connectivity index (χ0n) is 8.31. The molecule has 0 saturated carbocycles. The van der Waals surface area contributed by atoms with E-state index >= 15 is 0 Å². The van der Waals surface area contributed by atoms with Crippen LogP contribution in [0.15, 0.2) is 40.8 Å². The van der Waals surface area contributed by atoms with Crippen LogP contribution in [-0.2, 0) is 0 Å². The molecule has 4 N–H and O–H groups in total. The van der Waals surface area contributed by atoms with Gasteiger partial charge in [0.05, 0.1) is 5.69 Å². The van der Waals surface area contributed by atoms with Crippen molar-refractivity contribution in [2.45, 2.75) is 0 Å². The lowest BCUT2D eigenvalue weighted by molar-refractivity contribution is 0.0997. The van der Waals surface area contributed by atoms with Crippen molar-refractivity contribution in [1.82, 2.24) is 0 Å². The average Bonchev–Trinajstić information content (AvgIpc) is 2.68. The van der Waals surface area contributed by atoms with Crippen LogP contribution < -0.4 is 11.1 Å². The Bertz CT molecular complexity index is 519. The number of hydrogen-bond acceptors (Lipinski definition) is 4. The minimum atomic E-state index is -0.460. The summed E-state index contributed by atoms with van der Waals surface area (Å²) in [6.45, 7) is 0. The molecule has 0 aliphatic heterocycles. The first-order valence-electron chi connectivity index (χ1n) is 4.61. The van der Waals surface area contributed by atoms with Crippen LogP contribution in [0, 0.1) is 0 Å². The quantitative estimate of drug-likeness (QED) is 0.671. The zero-order chi connectivity index (χ0) is 11.5. The Morgan fingerprint density at radius 3 is 2.62 bits per heavy atom. The molecule has 5 heteroatoms. The molecule has 0 aliphatic rings. The predicted octanol–water partition coefficient (Wildman–Crippen LogP) is 1.82. The highest BCUT2D eigenvalue weighted by molar-refractivity contribution is 6.03. The topological polar surface area (TPSA) is 88.5 Å². The van der Waals surface area contributed by atoms with Crippen LogP contribution >= 0.6 is 0 Å². The van der Waals surface area contributed by atoms with Crippen molar-refractivity contribution in [2.75, 3.05) is 11.1 Å². The second-order valence-electron chi connectivity index (χ2n) is 3.17. The van der Waals surface area contributed by atoms with E-state index in [1.165, 1.54) is 18.2 Å². The number of nitrogens with two attached hydrogens (primary N) is 1. The van der Waals surface area contributed by atoms with Crippen molar-refractivity contribution in [3.05, 3.63) is 42.2 Å². The van der Waals surface area contributed by atoms with E-state index < -0.39 is 5.91 Å². The summed E-state index contributed by atoms with van der Waals surface area (Å²) in [6, 6.07) is 9.37. The highest BCUT2D eigenvalue weighted by atomic mass is 16.4. The van der Waals surface area contributed by atoms with Crippen LogP contribution in [-0.4, -0.2) is 11.0 Å². The zero-order valence-corrected chi connectivity index (χ0v) is 8.31. The number of carbonyl (C=O) groups excluding carboxylic acids is 1. The van der Waals surface area contributed by atoms with E-state index in [0.29, 0.717) is 5.69 Å². The van der Waals surface area contributed by atoms with Gasteiger partial charge < -0.3 is 20.6 Å². The summed E-state index contributed by atoms with van der Waals surface area (Å²) in [4.78, 5) is 11.6. The number of rotatable bonds is 2. The summed E-state index contributed by atoms with van der Waals surface area (Å²) in [5.41, 5.74) is 5.67. The van der Waals surface area contributed by atoms with Crippen LogP contribution in [0.4, 0.5) is 11.6 Å². The number of carbonyl (C=O) groups is 1. The molecule has 1 aromatic heterocycles. The number of nitrogen functional groups attached to an aromatic ring is 1. The molecule has 82 valence electrons. The molecular weight excluding hydrogens is 208 g/mol. The summed E-state index contributed by atoms with van der Waals surface area (Å²) >= 11 is 0. The van der Waals surface area contributed by atoms with Gasteiger partial charge in [-0.25, -0.2) is 0 Å². The van der Waals surface area contributed by atoms with Crippen molar-refractivity contribution in [2.24, 2.45) is 0 Å². The van der Waals surface area contributed by atoms with Gasteiger partial charge in [0, 0.05) is 6.07 Å². The number of aromatic hydroxyl groups is 1. The molecule has 0 unspecified atom stereocenters.